The maximum Gasteiger partial charge on any atom is 0.242 e. The third kappa shape index (κ3) is 3.71. The van der Waals surface area contributed by atoms with Crippen molar-refractivity contribution in [3.8, 4) is 0 Å². The monoisotopic (exact) mass is 311 g/mol. The van der Waals surface area contributed by atoms with Gasteiger partial charge in [0.25, 0.3) is 0 Å². The zero-order valence-electron chi connectivity index (χ0n) is 10.5. The number of carbonyl (C=O) groups excluding carboxylic acids is 1. The molecule has 0 fully saturated rings. The highest BCUT2D eigenvalue weighted by Gasteiger charge is 2.15. The van der Waals surface area contributed by atoms with E-state index in [0.29, 0.717) is 17.3 Å². The quantitative estimate of drug-likeness (QED) is 0.773. The zero-order chi connectivity index (χ0) is 14.5. The van der Waals surface area contributed by atoms with Gasteiger partial charge < -0.3 is 4.90 Å². The van der Waals surface area contributed by atoms with E-state index in [1.807, 2.05) is 0 Å². The highest BCUT2D eigenvalue weighted by Crippen LogP contribution is 2.21. The third-order valence-corrected chi connectivity index (χ3v) is 3.29. The van der Waals surface area contributed by atoms with Crippen molar-refractivity contribution >= 4 is 34.8 Å². The van der Waals surface area contributed by atoms with E-state index in [2.05, 4.69) is 0 Å². The highest BCUT2D eigenvalue weighted by atomic mass is 35.5. The van der Waals surface area contributed by atoms with E-state index in [4.69, 9.17) is 23.2 Å². The number of nitrogens with zero attached hydrogens (tertiary/aromatic N) is 1. The van der Waals surface area contributed by atoms with Gasteiger partial charge in [0.05, 0.1) is 6.54 Å². The first-order valence-electron chi connectivity index (χ1n) is 5.96. The summed E-state index contributed by atoms with van der Waals surface area (Å²) in [6.45, 7) is 0.327. The molecule has 0 aliphatic carbocycles. The minimum Gasteiger partial charge on any atom is -0.307 e. The average molecular weight is 312 g/mol. The molecule has 0 bridgehead atoms. The molecule has 2 aromatic carbocycles. The van der Waals surface area contributed by atoms with Crippen LogP contribution in [0.1, 0.15) is 5.56 Å². The minimum atomic E-state index is -0.310. The molecular weight excluding hydrogens is 300 g/mol. The second-order valence-electron chi connectivity index (χ2n) is 4.22. The number of rotatable bonds is 4. The highest BCUT2D eigenvalue weighted by molar-refractivity contribution is 6.31. The molecular formula is C15H12Cl2FNO. The topological polar surface area (TPSA) is 20.3 Å². The summed E-state index contributed by atoms with van der Waals surface area (Å²) in [5, 5.41) is 0.591. The van der Waals surface area contributed by atoms with Crippen molar-refractivity contribution in [2.75, 3.05) is 10.8 Å². The Labute approximate surface area is 126 Å². The van der Waals surface area contributed by atoms with E-state index >= 15 is 0 Å². The van der Waals surface area contributed by atoms with Crippen LogP contribution in [0, 0.1) is 5.82 Å². The van der Waals surface area contributed by atoms with Crippen LogP contribution in [0.15, 0.2) is 48.5 Å². The number of carbonyl (C=O) groups is 1. The molecule has 1 amide bonds. The van der Waals surface area contributed by atoms with Gasteiger partial charge in [-0.3, -0.25) is 4.79 Å². The van der Waals surface area contributed by atoms with Crippen LogP contribution in [0.2, 0.25) is 5.02 Å². The average Bonchev–Trinajstić information content (AvgIpc) is 2.47. The van der Waals surface area contributed by atoms with Crippen LogP contribution in [0.25, 0.3) is 0 Å². The van der Waals surface area contributed by atoms with Crippen LogP contribution in [0.5, 0.6) is 0 Å². The Balaban J connectivity index is 2.26. The summed E-state index contributed by atoms with van der Waals surface area (Å²) in [6, 6.07) is 12.9. The van der Waals surface area contributed by atoms with E-state index in [-0.39, 0.29) is 17.6 Å². The van der Waals surface area contributed by atoms with Crippen molar-refractivity contribution in [3.63, 3.8) is 0 Å². The normalized spacial score (nSPS) is 10.3. The van der Waals surface area contributed by atoms with E-state index in [1.54, 1.807) is 36.4 Å². The lowest BCUT2D eigenvalue weighted by atomic mass is 10.2. The maximum atomic E-state index is 12.9. The SMILES string of the molecule is O=C(CCl)N(Cc1ccc(F)cc1)c1ccc(Cl)cc1. The fourth-order valence-electron chi connectivity index (χ4n) is 1.79. The molecule has 0 aliphatic rings. The lowest BCUT2D eigenvalue weighted by Crippen LogP contribution is -2.31. The van der Waals surface area contributed by atoms with Crippen LogP contribution >= 0.6 is 23.2 Å². The fraction of sp³-hybridized carbons (Fsp3) is 0.133. The van der Waals surface area contributed by atoms with Crippen molar-refractivity contribution in [2.24, 2.45) is 0 Å². The molecule has 0 saturated heterocycles. The summed E-state index contributed by atoms with van der Waals surface area (Å²) >= 11 is 11.5. The van der Waals surface area contributed by atoms with Gasteiger partial charge in [0.2, 0.25) is 5.91 Å². The number of amides is 1. The molecule has 20 heavy (non-hydrogen) atoms. The first-order valence-corrected chi connectivity index (χ1v) is 6.88. The summed E-state index contributed by atoms with van der Waals surface area (Å²) in [5.74, 6) is -0.655. The Bertz CT molecular complexity index is 584. The second-order valence-corrected chi connectivity index (χ2v) is 4.92. The van der Waals surface area contributed by atoms with Gasteiger partial charge >= 0.3 is 0 Å². The second kappa shape index (κ2) is 6.73. The van der Waals surface area contributed by atoms with Crippen molar-refractivity contribution in [2.45, 2.75) is 6.54 Å². The number of benzene rings is 2. The number of anilines is 1. The van der Waals surface area contributed by atoms with E-state index in [1.165, 1.54) is 17.0 Å². The Morgan fingerprint density at radius 1 is 1.05 bits per heavy atom. The van der Waals surface area contributed by atoms with Gasteiger partial charge in [0.15, 0.2) is 0 Å². The van der Waals surface area contributed by atoms with Gasteiger partial charge in [-0.25, -0.2) is 4.39 Å². The van der Waals surface area contributed by atoms with E-state index in [9.17, 15) is 9.18 Å². The smallest absolute Gasteiger partial charge is 0.242 e. The summed E-state index contributed by atoms with van der Waals surface area (Å²) in [6.07, 6.45) is 0. The molecule has 2 aromatic rings. The predicted octanol–water partition coefficient (Wildman–Crippen LogP) is 4.25. The van der Waals surface area contributed by atoms with Gasteiger partial charge in [0, 0.05) is 10.7 Å². The summed E-state index contributed by atoms with van der Waals surface area (Å²) in [7, 11) is 0. The van der Waals surface area contributed by atoms with Crippen molar-refractivity contribution in [1.29, 1.82) is 0 Å². The first-order chi connectivity index (χ1) is 9.60. The maximum absolute atomic E-state index is 12.9. The molecule has 0 spiro atoms. The Kier molecular flexibility index (Phi) is 4.99. The Hall–Kier alpha value is -1.58. The zero-order valence-corrected chi connectivity index (χ0v) is 12.0. The van der Waals surface area contributed by atoms with Crippen LogP contribution in [-0.2, 0) is 11.3 Å². The lowest BCUT2D eigenvalue weighted by molar-refractivity contribution is -0.116. The number of alkyl halides is 1. The fourth-order valence-corrected chi connectivity index (χ4v) is 2.06. The predicted molar refractivity (Wildman–Crippen MR) is 79.8 cm³/mol. The summed E-state index contributed by atoms with van der Waals surface area (Å²) in [4.78, 5) is 13.5. The molecule has 0 N–H and O–H groups in total. The minimum absolute atomic E-state index is 0.121. The summed E-state index contributed by atoms with van der Waals surface area (Å²) < 4.78 is 12.9. The lowest BCUT2D eigenvalue weighted by Gasteiger charge is -2.22. The number of hydrogen-bond acceptors (Lipinski definition) is 1. The summed E-state index contributed by atoms with van der Waals surface area (Å²) in [5.41, 5.74) is 1.52. The van der Waals surface area contributed by atoms with Gasteiger partial charge in [-0.1, -0.05) is 23.7 Å². The van der Waals surface area contributed by atoms with E-state index in [0.717, 1.165) is 5.56 Å². The van der Waals surface area contributed by atoms with Crippen LogP contribution in [0.3, 0.4) is 0 Å². The van der Waals surface area contributed by atoms with Gasteiger partial charge in [0.1, 0.15) is 11.7 Å². The molecule has 0 saturated carbocycles. The molecule has 0 aromatic heterocycles. The number of halogens is 3. The molecule has 0 unspecified atom stereocenters. The first kappa shape index (κ1) is 14.8. The molecule has 0 radical (unpaired) electrons. The molecule has 5 heteroatoms. The molecule has 104 valence electrons. The van der Waals surface area contributed by atoms with Gasteiger partial charge in [-0.05, 0) is 42.0 Å². The molecule has 0 aliphatic heterocycles. The van der Waals surface area contributed by atoms with Crippen LogP contribution < -0.4 is 4.90 Å². The van der Waals surface area contributed by atoms with Crippen molar-refractivity contribution < 1.29 is 9.18 Å². The molecule has 2 nitrogen and oxygen atoms in total. The molecule has 2 rings (SSSR count). The van der Waals surface area contributed by atoms with Gasteiger partial charge in [-0.2, -0.15) is 0 Å². The van der Waals surface area contributed by atoms with Crippen LogP contribution in [0.4, 0.5) is 10.1 Å². The van der Waals surface area contributed by atoms with Crippen molar-refractivity contribution in [1.82, 2.24) is 0 Å². The standard InChI is InChI=1S/C15H12Cl2FNO/c16-9-15(20)19(14-7-3-12(17)4-8-14)10-11-1-5-13(18)6-2-11/h1-8H,9-10H2. The largest absolute Gasteiger partial charge is 0.307 e. The van der Waals surface area contributed by atoms with Crippen molar-refractivity contribution in [3.05, 3.63) is 64.9 Å². The van der Waals surface area contributed by atoms with E-state index < -0.39 is 0 Å². The Morgan fingerprint density at radius 2 is 1.65 bits per heavy atom. The molecule has 0 atom stereocenters. The van der Waals surface area contributed by atoms with Crippen LogP contribution in [-0.4, -0.2) is 11.8 Å². The molecule has 0 heterocycles. The Morgan fingerprint density at radius 3 is 2.20 bits per heavy atom. The number of hydrogen-bond donors (Lipinski definition) is 0. The third-order valence-electron chi connectivity index (χ3n) is 2.81. The van der Waals surface area contributed by atoms with Gasteiger partial charge in [-0.15, -0.1) is 11.6 Å².